The second kappa shape index (κ2) is 9.61. The van der Waals surface area contributed by atoms with E-state index in [4.69, 9.17) is 9.47 Å². The highest BCUT2D eigenvalue weighted by molar-refractivity contribution is 7.18. The lowest BCUT2D eigenvalue weighted by Crippen LogP contribution is -2.23. The number of nitrogens with one attached hydrogen (secondary N) is 1. The van der Waals surface area contributed by atoms with Crippen molar-refractivity contribution in [2.75, 3.05) is 20.3 Å². The zero-order chi connectivity index (χ0) is 21.8. The minimum atomic E-state index is 0.0254. The number of benzene rings is 2. The molecule has 4 rings (SSSR count). The summed E-state index contributed by atoms with van der Waals surface area (Å²) in [6.07, 6.45) is 4.14. The fraction of sp³-hybridized carbons (Fsp3) is 0.360. The second-order valence-electron chi connectivity index (χ2n) is 7.93. The van der Waals surface area contributed by atoms with Gasteiger partial charge in [-0.3, -0.25) is 0 Å². The van der Waals surface area contributed by atoms with Crippen LogP contribution in [0.1, 0.15) is 43.0 Å². The van der Waals surface area contributed by atoms with Crippen LogP contribution in [0.5, 0.6) is 5.75 Å². The van der Waals surface area contributed by atoms with Gasteiger partial charge in [-0.1, -0.05) is 18.2 Å². The van der Waals surface area contributed by atoms with Crippen LogP contribution in [0.25, 0.3) is 21.0 Å². The molecule has 31 heavy (non-hydrogen) atoms. The van der Waals surface area contributed by atoms with E-state index in [0.717, 1.165) is 41.4 Å². The molecule has 0 fully saturated rings. The summed E-state index contributed by atoms with van der Waals surface area (Å²) in [6.45, 7) is 5.49. The van der Waals surface area contributed by atoms with Crippen molar-refractivity contribution in [3.63, 3.8) is 0 Å². The number of aromatic nitrogens is 1. The number of ether oxygens (including phenoxy) is 2. The van der Waals surface area contributed by atoms with E-state index in [1.165, 1.54) is 16.7 Å². The van der Waals surface area contributed by atoms with Crippen LogP contribution in [-0.2, 0) is 11.2 Å². The molecule has 0 amide bonds. The van der Waals surface area contributed by atoms with Gasteiger partial charge in [0, 0.05) is 31.5 Å². The first-order valence-electron chi connectivity index (χ1n) is 10.6. The molecular weight excluding hydrogens is 406 g/mol. The van der Waals surface area contributed by atoms with E-state index in [9.17, 15) is 5.26 Å². The summed E-state index contributed by atoms with van der Waals surface area (Å²) in [5.74, 6) is 0.617. The van der Waals surface area contributed by atoms with Crippen molar-refractivity contribution in [2.24, 2.45) is 0 Å². The third kappa shape index (κ3) is 4.64. The standard InChI is InChI=1S/C25H27N3O2S/c1-16(2)30-23-10-7-17(13-18(23)14-26)25-28-15-24(31-25)21-6-4-5-20-19(21)8-9-22(20)27-11-12-29-3/h4-7,10,13,15-16,22,27H,8-9,11-12H2,1-3H3/t22-/m0/s1. The summed E-state index contributed by atoms with van der Waals surface area (Å²) >= 11 is 1.67. The first-order chi connectivity index (χ1) is 15.1. The monoisotopic (exact) mass is 433 g/mol. The Balaban J connectivity index is 1.60. The van der Waals surface area contributed by atoms with Crippen LogP contribution in [0, 0.1) is 11.3 Å². The summed E-state index contributed by atoms with van der Waals surface area (Å²) < 4.78 is 10.9. The third-order valence-corrected chi connectivity index (χ3v) is 6.53. The zero-order valence-electron chi connectivity index (χ0n) is 18.1. The Hall–Kier alpha value is -2.72. The van der Waals surface area contributed by atoms with E-state index >= 15 is 0 Å². The Kier molecular flexibility index (Phi) is 6.67. The van der Waals surface area contributed by atoms with Gasteiger partial charge in [-0.25, -0.2) is 4.98 Å². The number of nitriles is 1. The summed E-state index contributed by atoms with van der Waals surface area (Å²) in [7, 11) is 1.73. The van der Waals surface area contributed by atoms with Crippen LogP contribution in [0.4, 0.5) is 0 Å². The van der Waals surface area contributed by atoms with Gasteiger partial charge < -0.3 is 14.8 Å². The second-order valence-corrected chi connectivity index (χ2v) is 8.96. The van der Waals surface area contributed by atoms with Gasteiger partial charge in [-0.05, 0) is 61.6 Å². The fourth-order valence-corrected chi connectivity index (χ4v) is 5.04. The lowest BCUT2D eigenvalue weighted by Gasteiger charge is -2.14. The summed E-state index contributed by atoms with van der Waals surface area (Å²) in [6, 6.07) is 14.9. The maximum atomic E-state index is 9.53. The van der Waals surface area contributed by atoms with Crippen molar-refractivity contribution >= 4 is 11.3 Å². The lowest BCUT2D eigenvalue weighted by molar-refractivity contribution is 0.195. The highest BCUT2D eigenvalue weighted by atomic mass is 32.1. The molecule has 0 saturated heterocycles. The summed E-state index contributed by atoms with van der Waals surface area (Å²) in [5.41, 5.74) is 5.53. The third-order valence-electron chi connectivity index (χ3n) is 5.45. The molecule has 2 aromatic carbocycles. The van der Waals surface area contributed by atoms with Gasteiger partial charge in [0.05, 0.1) is 23.2 Å². The van der Waals surface area contributed by atoms with E-state index in [1.54, 1.807) is 18.4 Å². The Morgan fingerprint density at radius 1 is 1.29 bits per heavy atom. The first kappa shape index (κ1) is 21.5. The lowest BCUT2D eigenvalue weighted by atomic mass is 10.0. The highest BCUT2D eigenvalue weighted by Gasteiger charge is 2.25. The molecule has 1 heterocycles. The normalized spacial score (nSPS) is 15.1. The molecule has 0 saturated carbocycles. The molecule has 6 heteroatoms. The van der Waals surface area contributed by atoms with Crippen LogP contribution in [0.15, 0.2) is 42.6 Å². The Bertz CT molecular complexity index is 1100. The molecule has 1 atom stereocenters. The maximum absolute atomic E-state index is 9.53. The highest BCUT2D eigenvalue weighted by Crippen LogP contribution is 2.41. The predicted molar refractivity (Wildman–Crippen MR) is 124 cm³/mol. The van der Waals surface area contributed by atoms with Crippen LogP contribution in [0.2, 0.25) is 0 Å². The van der Waals surface area contributed by atoms with E-state index < -0.39 is 0 Å². The number of methoxy groups -OCH3 is 1. The number of thiazole rings is 1. The van der Waals surface area contributed by atoms with Crippen molar-refractivity contribution in [1.29, 1.82) is 5.26 Å². The van der Waals surface area contributed by atoms with Crippen molar-refractivity contribution in [2.45, 2.75) is 38.8 Å². The van der Waals surface area contributed by atoms with Crippen molar-refractivity contribution in [1.82, 2.24) is 10.3 Å². The molecule has 0 unspecified atom stereocenters. The number of fused-ring (bicyclic) bond motifs is 1. The van der Waals surface area contributed by atoms with E-state index in [1.807, 2.05) is 38.2 Å². The molecule has 1 N–H and O–H groups in total. The average Bonchev–Trinajstić information content (AvgIpc) is 3.41. The van der Waals surface area contributed by atoms with Gasteiger partial charge in [0.25, 0.3) is 0 Å². The van der Waals surface area contributed by atoms with Gasteiger partial charge in [-0.15, -0.1) is 11.3 Å². The zero-order valence-corrected chi connectivity index (χ0v) is 19.0. The van der Waals surface area contributed by atoms with Gasteiger partial charge >= 0.3 is 0 Å². The number of hydrogen-bond acceptors (Lipinski definition) is 6. The van der Waals surface area contributed by atoms with Gasteiger partial charge in [0.15, 0.2) is 0 Å². The van der Waals surface area contributed by atoms with Crippen LogP contribution in [-0.4, -0.2) is 31.3 Å². The predicted octanol–water partition coefficient (Wildman–Crippen LogP) is 5.36. The molecule has 0 aliphatic heterocycles. The van der Waals surface area contributed by atoms with E-state index in [2.05, 4.69) is 34.6 Å². The number of nitrogens with zero attached hydrogens (tertiary/aromatic N) is 2. The van der Waals surface area contributed by atoms with Crippen LogP contribution in [0.3, 0.4) is 0 Å². The maximum Gasteiger partial charge on any atom is 0.137 e. The Morgan fingerprint density at radius 2 is 2.16 bits per heavy atom. The SMILES string of the molecule is COCCN[C@H]1CCc2c(-c3cnc(-c4ccc(OC(C)C)c(C#N)c4)s3)cccc21. The van der Waals surface area contributed by atoms with Crippen molar-refractivity contribution < 1.29 is 9.47 Å². The van der Waals surface area contributed by atoms with Crippen LogP contribution >= 0.6 is 11.3 Å². The Morgan fingerprint density at radius 3 is 2.94 bits per heavy atom. The first-order valence-corrected chi connectivity index (χ1v) is 11.4. The largest absolute Gasteiger partial charge is 0.490 e. The quantitative estimate of drug-likeness (QED) is 0.485. The summed E-state index contributed by atoms with van der Waals surface area (Å²) in [5, 5.41) is 14.0. The topological polar surface area (TPSA) is 67.2 Å². The molecular formula is C25H27N3O2S. The molecule has 0 bridgehead atoms. The number of rotatable bonds is 8. The minimum Gasteiger partial charge on any atom is -0.490 e. The van der Waals surface area contributed by atoms with Gasteiger partial charge in [0.2, 0.25) is 0 Å². The van der Waals surface area contributed by atoms with Crippen molar-refractivity contribution in [3.8, 4) is 32.8 Å². The molecule has 1 aromatic heterocycles. The van der Waals surface area contributed by atoms with Gasteiger partial charge in [-0.2, -0.15) is 5.26 Å². The smallest absolute Gasteiger partial charge is 0.137 e. The number of hydrogen-bond donors (Lipinski definition) is 1. The van der Waals surface area contributed by atoms with E-state index in [0.29, 0.717) is 17.4 Å². The Labute approximate surface area is 187 Å². The molecule has 0 spiro atoms. The van der Waals surface area contributed by atoms with Gasteiger partial charge in [0.1, 0.15) is 16.8 Å². The molecule has 1 aliphatic rings. The van der Waals surface area contributed by atoms with E-state index in [-0.39, 0.29) is 6.10 Å². The molecule has 3 aromatic rings. The average molecular weight is 434 g/mol. The fourth-order valence-electron chi connectivity index (χ4n) is 4.07. The summed E-state index contributed by atoms with van der Waals surface area (Å²) in [4.78, 5) is 5.83. The van der Waals surface area contributed by atoms with Crippen LogP contribution < -0.4 is 10.1 Å². The molecule has 0 radical (unpaired) electrons. The minimum absolute atomic E-state index is 0.0254. The van der Waals surface area contributed by atoms with Crippen molar-refractivity contribution in [3.05, 3.63) is 59.3 Å². The molecule has 5 nitrogen and oxygen atoms in total. The molecule has 160 valence electrons. The molecule has 1 aliphatic carbocycles.